The summed E-state index contributed by atoms with van der Waals surface area (Å²) in [4.78, 5) is 0. The van der Waals surface area contributed by atoms with Gasteiger partial charge in [0.1, 0.15) is 0 Å². The first kappa shape index (κ1) is 21.2. The van der Waals surface area contributed by atoms with Gasteiger partial charge >= 0.3 is 0 Å². The molecule has 0 bridgehead atoms. The molecule has 0 rings (SSSR count). The summed E-state index contributed by atoms with van der Waals surface area (Å²) in [7, 11) is -1.32. The first-order valence-corrected chi connectivity index (χ1v) is 13.0. The molecular weight excluding hydrogens is 272 g/mol. The first-order chi connectivity index (χ1) is 10.1. The van der Waals surface area contributed by atoms with Crippen molar-refractivity contribution in [2.45, 2.75) is 116 Å². The molecule has 2 heteroatoms. The minimum absolute atomic E-state index is 1.14. The Kier molecular flexibility index (Phi) is 15.2. The summed E-state index contributed by atoms with van der Waals surface area (Å²) < 4.78 is 5.75. The Hall–Kier alpha value is 0.177. The quantitative estimate of drug-likeness (QED) is 0.212. The van der Waals surface area contributed by atoms with E-state index < -0.39 is 8.32 Å². The van der Waals surface area contributed by atoms with Crippen LogP contribution in [-0.2, 0) is 4.43 Å². The zero-order chi connectivity index (χ0) is 15.8. The van der Waals surface area contributed by atoms with Crippen LogP contribution in [0.3, 0.4) is 0 Å². The van der Waals surface area contributed by atoms with Crippen molar-refractivity contribution >= 4 is 8.32 Å². The lowest BCUT2D eigenvalue weighted by Gasteiger charge is -2.16. The molecule has 127 valence electrons. The van der Waals surface area contributed by atoms with Crippen molar-refractivity contribution in [1.29, 1.82) is 0 Å². The molecule has 0 heterocycles. The van der Waals surface area contributed by atoms with Crippen molar-refractivity contribution in [3.63, 3.8) is 0 Å². The highest BCUT2D eigenvalue weighted by molar-refractivity contribution is 6.69. The molecule has 0 saturated heterocycles. The van der Waals surface area contributed by atoms with Gasteiger partial charge in [-0.05, 0) is 26.1 Å². The second-order valence-electron chi connectivity index (χ2n) is 7.43. The van der Waals surface area contributed by atoms with Crippen LogP contribution in [0.5, 0.6) is 0 Å². The van der Waals surface area contributed by atoms with E-state index in [0.717, 1.165) is 6.42 Å². The molecule has 0 aliphatic rings. The fraction of sp³-hybridized carbons (Fsp3) is 0.947. The Labute approximate surface area is 136 Å². The molecule has 0 amide bonds. The highest BCUT2D eigenvalue weighted by Crippen LogP contribution is 2.14. The van der Waals surface area contributed by atoms with Crippen molar-refractivity contribution < 1.29 is 4.43 Å². The maximum absolute atomic E-state index is 5.75. The molecule has 1 nitrogen and oxygen atoms in total. The number of hydrogen-bond acceptors (Lipinski definition) is 1. The van der Waals surface area contributed by atoms with Crippen LogP contribution in [0.25, 0.3) is 0 Å². The molecule has 0 aromatic carbocycles. The Morgan fingerprint density at radius 3 is 1.38 bits per heavy atom. The van der Waals surface area contributed by atoms with Gasteiger partial charge in [0.15, 0.2) is 8.32 Å². The molecule has 0 aromatic heterocycles. The highest BCUT2D eigenvalue weighted by atomic mass is 28.4. The summed E-state index contributed by atoms with van der Waals surface area (Å²) in [5, 5.41) is 0. The van der Waals surface area contributed by atoms with Gasteiger partial charge in [0.05, 0.1) is 6.61 Å². The summed E-state index contributed by atoms with van der Waals surface area (Å²) in [6.45, 7) is 11.1. The van der Waals surface area contributed by atoms with E-state index in [9.17, 15) is 0 Å². The Bertz CT molecular complexity index is 198. The predicted molar refractivity (Wildman–Crippen MR) is 99.0 cm³/mol. The van der Waals surface area contributed by atoms with Crippen molar-refractivity contribution in [3.8, 4) is 0 Å². The predicted octanol–water partition coefficient (Wildman–Crippen LogP) is 7.48. The fourth-order valence-corrected chi connectivity index (χ4v) is 3.17. The third kappa shape index (κ3) is 20.2. The van der Waals surface area contributed by atoms with Crippen LogP contribution in [0.15, 0.2) is 0 Å². The third-order valence-electron chi connectivity index (χ3n) is 3.86. The summed E-state index contributed by atoms with van der Waals surface area (Å²) >= 11 is 0. The second-order valence-corrected chi connectivity index (χ2v) is 11.9. The number of rotatable bonds is 16. The Morgan fingerprint density at radius 1 is 0.619 bits per heavy atom. The van der Waals surface area contributed by atoms with E-state index in [-0.39, 0.29) is 0 Å². The number of hydrogen-bond donors (Lipinski definition) is 0. The van der Waals surface area contributed by atoms with E-state index in [1.54, 1.807) is 0 Å². The van der Waals surface area contributed by atoms with Crippen LogP contribution in [-0.4, -0.2) is 8.32 Å². The van der Waals surface area contributed by atoms with Gasteiger partial charge in [-0.3, -0.25) is 0 Å². The third-order valence-corrected chi connectivity index (χ3v) is 4.74. The molecule has 0 aliphatic heterocycles. The van der Waals surface area contributed by atoms with E-state index in [1.807, 2.05) is 0 Å². The lowest BCUT2D eigenvalue weighted by atomic mass is 10.0. The van der Waals surface area contributed by atoms with E-state index in [0.29, 0.717) is 0 Å². The molecule has 21 heavy (non-hydrogen) atoms. The molecule has 0 saturated carbocycles. The maximum atomic E-state index is 5.75. The molecule has 0 atom stereocenters. The van der Waals surface area contributed by atoms with Crippen molar-refractivity contribution in [1.82, 2.24) is 0 Å². The van der Waals surface area contributed by atoms with E-state index in [4.69, 9.17) is 4.43 Å². The van der Waals surface area contributed by atoms with Crippen molar-refractivity contribution in [3.05, 3.63) is 6.61 Å². The maximum Gasteiger partial charge on any atom is 0.184 e. The zero-order valence-corrected chi connectivity index (χ0v) is 16.4. The minimum atomic E-state index is -1.32. The summed E-state index contributed by atoms with van der Waals surface area (Å²) in [6, 6.07) is 0. The lowest BCUT2D eigenvalue weighted by Crippen LogP contribution is -2.23. The standard InChI is InChI=1S/C19H41OSi/c1-5-6-7-8-9-10-11-12-13-14-15-16-17-18-19-20-21(2,3)4/h19H,5-18H2,1-4H3. The van der Waals surface area contributed by atoms with Crippen LogP contribution in [0.4, 0.5) is 0 Å². The van der Waals surface area contributed by atoms with Gasteiger partial charge < -0.3 is 4.43 Å². The van der Waals surface area contributed by atoms with Gasteiger partial charge in [0.2, 0.25) is 0 Å². The van der Waals surface area contributed by atoms with Gasteiger partial charge in [0, 0.05) is 0 Å². The van der Waals surface area contributed by atoms with Crippen LogP contribution >= 0.6 is 0 Å². The van der Waals surface area contributed by atoms with Crippen molar-refractivity contribution in [2.24, 2.45) is 0 Å². The highest BCUT2D eigenvalue weighted by Gasteiger charge is 2.13. The second kappa shape index (κ2) is 15.1. The summed E-state index contributed by atoms with van der Waals surface area (Å²) in [5.74, 6) is 0. The normalized spacial score (nSPS) is 12.0. The minimum Gasteiger partial charge on any atom is -0.412 e. The van der Waals surface area contributed by atoms with Gasteiger partial charge in [-0.1, -0.05) is 90.4 Å². The van der Waals surface area contributed by atoms with Crippen LogP contribution in [0.2, 0.25) is 19.6 Å². The molecule has 1 radical (unpaired) electrons. The molecule has 0 spiro atoms. The van der Waals surface area contributed by atoms with Gasteiger partial charge in [-0.2, -0.15) is 0 Å². The van der Waals surface area contributed by atoms with Crippen molar-refractivity contribution in [2.75, 3.05) is 0 Å². The number of unbranched alkanes of at least 4 members (excludes halogenated alkanes) is 13. The van der Waals surface area contributed by atoms with E-state index in [1.165, 1.54) is 83.5 Å². The van der Waals surface area contributed by atoms with Gasteiger partial charge in [0.25, 0.3) is 0 Å². The van der Waals surface area contributed by atoms with E-state index in [2.05, 4.69) is 33.2 Å². The van der Waals surface area contributed by atoms with Gasteiger partial charge in [-0.25, -0.2) is 0 Å². The SMILES string of the molecule is CCCCCCCCCCCCCCC[CH]O[Si](C)(C)C. The monoisotopic (exact) mass is 313 g/mol. The van der Waals surface area contributed by atoms with Crippen LogP contribution < -0.4 is 0 Å². The lowest BCUT2D eigenvalue weighted by molar-refractivity contribution is 0.378. The molecule has 0 N–H and O–H groups in total. The average molecular weight is 314 g/mol. The average Bonchev–Trinajstić information content (AvgIpc) is 2.42. The van der Waals surface area contributed by atoms with E-state index >= 15 is 0 Å². The topological polar surface area (TPSA) is 9.23 Å². The van der Waals surface area contributed by atoms with Crippen LogP contribution in [0.1, 0.15) is 96.8 Å². The summed E-state index contributed by atoms with van der Waals surface area (Å²) in [5.41, 5.74) is 0. The molecule has 0 unspecified atom stereocenters. The molecule has 0 aromatic rings. The molecule has 0 aliphatic carbocycles. The smallest absolute Gasteiger partial charge is 0.184 e. The molecular formula is C19H41OSi. The summed E-state index contributed by atoms with van der Waals surface area (Å²) in [6.07, 6.45) is 19.7. The fourth-order valence-electron chi connectivity index (χ4n) is 2.55. The molecule has 0 fully saturated rings. The zero-order valence-electron chi connectivity index (χ0n) is 15.4. The first-order valence-electron chi connectivity index (χ1n) is 9.56. The Balaban J connectivity index is 3.00. The van der Waals surface area contributed by atoms with Gasteiger partial charge in [-0.15, -0.1) is 0 Å². The Morgan fingerprint density at radius 2 is 1.00 bits per heavy atom. The van der Waals surface area contributed by atoms with Crippen LogP contribution in [0, 0.1) is 6.61 Å². The largest absolute Gasteiger partial charge is 0.412 e.